The summed E-state index contributed by atoms with van der Waals surface area (Å²) in [5.74, 6) is 1.75. The largest absolute Gasteiger partial charge is 0.361 e. The predicted octanol–water partition coefficient (Wildman–Crippen LogP) is 7.44. The number of rotatable bonds is 9. The molecule has 0 fully saturated rings. The van der Waals surface area contributed by atoms with Gasteiger partial charge in [-0.2, -0.15) is 0 Å². The molecule has 0 aliphatic rings. The number of H-pyrrole nitrogens is 1. The zero-order valence-corrected chi connectivity index (χ0v) is 20.7. The molecule has 33 heavy (non-hydrogen) atoms. The second kappa shape index (κ2) is 10.3. The Balaban J connectivity index is 1.54. The maximum absolute atomic E-state index is 4.90. The van der Waals surface area contributed by atoms with Crippen LogP contribution in [0.4, 0.5) is 0 Å². The topological polar surface area (TPSA) is 41.6 Å². The summed E-state index contributed by atoms with van der Waals surface area (Å²) in [4.78, 5) is 13.0. The summed E-state index contributed by atoms with van der Waals surface area (Å²) in [6, 6.07) is 15.3. The van der Waals surface area contributed by atoms with Crippen molar-refractivity contribution in [3.05, 3.63) is 83.6 Å². The number of benzene rings is 1. The predicted molar refractivity (Wildman–Crippen MR) is 139 cm³/mol. The first-order chi connectivity index (χ1) is 15.9. The monoisotopic (exact) mass is 439 g/mol. The van der Waals surface area contributed by atoms with E-state index in [2.05, 4.69) is 93.2 Å². The summed E-state index contributed by atoms with van der Waals surface area (Å²) in [5.41, 5.74) is 8.75. The highest BCUT2D eigenvalue weighted by Crippen LogP contribution is 2.32. The Morgan fingerprint density at radius 2 is 1.52 bits per heavy atom. The van der Waals surface area contributed by atoms with Crippen molar-refractivity contribution in [2.24, 2.45) is 17.8 Å². The highest BCUT2D eigenvalue weighted by molar-refractivity contribution is 5.97. The van der Waals surface area contributed by atoms with E-state index in [0.717, 1.165) is 25.7 Å². The quantitative estimate of drug-likeness (QED) is 0.294. The van der Waals surface area contributed by atoms with Crippen LogP contribution in [0.3, 0.4) is 0 Å². The third-order valence-electron chi connectivity index (χ3n) is 6.15. The van der Waals surface area contributed by atoms with Gasteiger partial charge in [0, 0.05) is 46.4 Å². The number of pyridine rings is 2. The summed E-state index contributed by atoms with van der Waals surface area (Å²) in [6.45, 7) is 11.4. The molecule has 1 atom stereocenters. The van der Waals surface area contributed by atoms with Gasteiger partial charge in [0.2, 0.25) is 0 Å². The van der Waals surface area contributed by atoms with Crippen molar-refractivity contribution in [2.75, 3.05) is 0 Å². The lowest BCUT2D eigenvalue weighted by Crippen LogP contribution is -2.07. The maximum Gasteiger partial charge on any atom is 0.0463 e. The smallest absolute Gasteiger partial charge is 0.0463 e. The zero-order chi connectivity index (χ0) is 23.4. The molecular weight excluding hydrogens is 402 g/mol. The molecule has 3 aromatic heterocycles. The number of nitrogens with zero attached hydrogens (tertiary/aromatic N) is 2. The summed E-state index contributed by atoms with van der Waals surface area (Å²) in [5, 5.41) is 1.34. The van der Waals surface area contributed by atoms with Crippen LogP contribution in [0.5, 0.6) is 0 Å². The molecule has 3 heteroatoms. The lowest BCUT2D eigenvalue weighted by molar-refractivity contribution is 0.563. The molecule has 1 unspecified atom stereocenters. The van der Waals surface area contributed by atoms with Crippen molar-refractivity contribution >= 4 is 10.9 Å². The zero-order valence-electron chi connectivity index (χ0n) is 20.7. The normalized spacial score (nSPS) is 12.7. The van der Waals surface area contributed by atoms with Crippen molar-refractivity contribution in [2.45, 2.75) is 60.3 Å². The lowest BCUT2D eigenvalue weighted by Gasteiger charge is -2.14. The van der Waals surface area contributed by atoms with Gasteiger partial charge in [0.25, 0.3) is 0 Å². The molecule has 172 valence electrons. The number of nitrogens with one attached hydrogen (secondary N) is 1. The van der Waals surface area contributed by atoms with E-state index >= 15 is 0 Å². The van der Waals surface area contributed by atoms with E-state index in [1.54, 1.807) is 0 Å². The van der Waals surface area contributed by atoms with Crippen molar-refractivity contribution in [1.29, 1.82) is 0 Å². The van der Waals surface area contributed by atoms with E-state index in [0.29, 0.717) is 17.8 Å². The van der Waals surface area contributed by atoms with Crippen LogP contribution in [-0.2, 0) is 25.7 Å². The fraction of sp³-hybridized carbons (Fsp3) is 0.400. The number of hydrogen-bond donors (Lipinski definition) is 1. The number of fused-ring (bicyclic) bond motifs is 1. The van der Waals surface area contributed by atoms with Crippen molar-refractivity contribution in [1.82, 2.24) is 15.0 Å². The van der Waals surface area contributed by atoms with Crippen LogP contribution in [-0.4, -0.2) is 15.0 Å². The van der Waals surface area contributed by atoms with Gasteiger partial charge in [-0.15, -0.1) is 0 Å². The Bertz CT molecular complexity index is 1200. The highest BCUT2D eigenvalue weighted by Gasteiger charge is 2.13. The second-order valence-electron chi connectivity index (χ2n) is 10.5. The molecule has 4 aromatic rings. The molecule has 3 heterocycles. The van der Waals surface area contributed by atoms with Gasteiger partial charge >= 0.3 is 0 Å². The Morgan fingerprint density at radius 1 is 0.788 bits per heavy atom. The van der Waals surface area contributed by atoms with Crippen molar-refractivity contribution in [3.8, 4) is 11.1 Å². The first-order valence-corrected chi connectivity index (χ1v) is 12.4. The van der Waals surface area contributed by atoms with E-state index < -0.39 is 0 Å². The van der Waals surface area contributed by atoms with Gasteiger partial charge in [0.15, 0.2) is 0 Å². The number of aromatic amines is 1. The minimum Gasteiger partial charge on any atom is -0.361 e. The highest BCUT2D eigenvalue weighted by atomic mass is 14.7. The van der Waals surface area contributed by atoms with E-state index in [1.165, 1.54) is 44.5 Å². The fourth-order valence-corrected chi connectivity index (χ4v) is 4.85. The SMILES string of the molecule is CC(C)Cc1cccc(CC(C)Cc2cncc(-c3cccc4[nH]cc(CC(C)C)c34)c2)n1. The van der Waals surface area contributed by atoms with Crippen molar-refractivity contribution in [3.63, 3.8) is 0 Å². The van der Waals surface area contributed by atoms with Crippen LogP contribution < -0.4 is 0 Å². The molecule has 1 N–H and O–H groups in total. The molecule has 0 spiro atoms. The molecule has 3 nitrogen and oxygen atoms in total. The molecule has 0 saturated heterocycles. The van der Waals surface area contributed by atoms with Crippen LogP contribution >= 0.6 is 0 Å². The number of aromatic nitrogens is 3. The summed E-state index contributed by atoms with van der Waals surface area (Å²) < 4.78 is 0. The fourth-order valence-electron chi connectivity index (χ4n) is 4.85. The molecule has 1 aromatic carbocycles. The van der Waals surface area contributed by atoms with Gasteiger partial charge in [-0.1, -0.05) is 52.8 Å². The van der Waals surface area contributed by atoms with E-state index in [1.807, 2.05) is 12.4 Å². The van der Waals surface area contributed by atoms with Gasteiger partial charge in [0.1, 0.15) is 0 Å². The molecule has 0 aliphatic heterocycles. The average Bonchev–Trinajstić information content (AvgIpc) is 3.16. The lowest BCUT2D eigenvalue weighted by atomic mass is 9.93. The van der Waals surface area contributed by atoms with E-state index in [4.69, 9.17) is 4.98 Å². The number of hydrogen-bond acceptors (Lipinski definition) is 2. The third-order valence-corrected chi connectivity index (χ3v) is 6.15. The summed E-state index contributed by atoms with van der Waals surface area (Å²) in [7, 11) is 0. The first-order valence-electron chi connectivity index (χ1n) is 12.4. The summed E-state index contributed by atoms with van der Waals surface area (Å²) >= 11 is 0. The van der Waals surface area contributed by atoms with Gasteiger partial charge < -0.3 is 4.98 Å². The maximum atomic E-state index is 4.90. The minimum atomic E-state index is 0.503. The Kier molecular flexibility index (Phi) is 7.27. The minimum absolute atomic E-state index is 0.503. The molecule has 0 aliphatic carbocycles. The Morgan fingerprint density at radius 3 is 2.27 bits per heavy atom. The molecule has 0 amide bonds. The second-order valence-corrected chi connectivity index (χ2v) is 10.5. The van der Waals surface area contributed by atoms with Gasteiger partial charge in [-0.3, -0.25) is 9.97 Å². The van der Waals surface area contributed by atoms with Gasteiger partial charge in [-0.05, 0) is 84.4 Å². The van der Waals surface area contributed by atoms with Crippen LogP contribution in [0.15, 0.2) is 61.1 Å². The van der Waals surface area contributed by atoms with Crippen molar-refractivity contribution < 1.29 is 0 Å². The standard InChI is InChI=1S/C30H37N3/c1-20(2)12-25-19-32-29-11-7-10-28(30(25)29)24-16-23(17-31-18-24)14-22(5)15-27-9-6-8-26(33-27)13-21(3)4/h6-11,16-22,32H,12-15H2,1-5H3. The van der Waals surface area contributed by atoms with Crippen LogP contribution in [0, 0.1) is 17.8 Å². The van der Waals surface area contributed by atoms with Gasteiger partial charge in [-0.25, -0.2) is 0 Å². The van der Waals surface area contributed by atoms with Crippen LogP contribution in [0.1, 0.15) is 57.1 Å². The third kappa shape index (κ3) is 5.90. The molecule has 0 radical (unpaired) electrons. The molecule has 0 bridgehead atoms. The van der Waals surface area contributed by atoms with Crippen LogP contribution in [0.25, 0.3) is 22.0 Å². The molecular formula is C30H37N3. The first kappa shape index (κ1) is 23.2. The van der Waals surface area contributed by atoms with E-state index in [9.17, 15) is 0 Å². The molecule has 0 saturated carbocycles. The Labute approximate surface area is 198 Å². The molecule has 4 rings (SSSR count). The van der Waals surface area contributed by atoms with Gasteiger partial charge in [0.05, 0.1) is 0 Å². The Hall–Kier alpha value is -2.94. The van der Waals surface area contributed by atoms with Crippen LogP contribution in [0.2, 0.25) is 0 Å². The van der Waals surface area contributed by atoms with E-state index in [-0.39, 0.29) is 0 Å². The summed E-state index contributed by atoms with van der Waals surface area (Å²) in [6.07, 6.45) is 10.3. The average molecular weight is 440 g/mol.